The molecule has 15 heavy (non-hydrogen) atoms. The van der Waals surface area contributed by atoms with Crippen molar-refractivity contribution in [3.05, 3.63) is 0 Å². The Morgan fingerprint density at radius 3 is 2.73 bits per heavy atom. The van der Waals surface area contributed by atoms with E-state index in [4.69, 9.17) is 16.2 Å². The van der Waals surface area contributed by atoms with Gasteiger partial charge in [-0.3, -0.25) is 10.2 Å². The van der Waals surface area contributed by atoms with Gasteiger partial charge in [0.25, 0.3) is 0 Å². The van der Waals surface area contributed by atoms with Crippen LogP contribution in [0.2, 0.25) is 0 Å². The highest BCUT2D eigenvalue weighted by atomic mass is 16.4. The Balaban J connectivity index is 2.13. The van der Waals surface area contributed by atoms with E-state index in [1.807, 2.05) is 0 Å². The Morgan fingerprint density at radius 2 is 2.27 bits per heavy atom. The molecule has 1 atom stereocenters. The Hall–Kier alpha value is -1.30. The molecule has 6 nitrogen and oxygen atoms in total. The molecule has 1 aliphatic carbocycles. The van der Waals surface area contributed by atoms with Gasteiger partial charge in [0.2, 0.25) is 0 Å². The van der Waals surface area contributed by atoms with Crippen molar-refractivity contribution in [3.63, 3.8) is 0 Å². The van der Waals surface area contributed by atoms with Crippen molar-refractivity contribution < 1.29 is 9.90 Å². The van der Waals surface area contributed by atoms with Crippen LogP contribution in [0.5, 0.6) is 0 Å². The van der Waals surface area contributed by atoms with Crippen LogP contribution in [0, 0.1) is 5.41 Å². The van der Waals surface area contributed by atoms with Gasteiger partial charge in [-0.1, -0.05) is 0 Å². The van der Waals surface area contributed by atoms with Crippen molar-refractivity contribution in [3.8, 4) is 0 Å². The number of nitrogens with two attached hydrogens (primary N) is 1. The van der Waals surface area contributed by atoms with Gasteiger partial charge in [-0.05, 0) is 25.7 Å². The van der Waals surface area contributed by atoms with Gasteiger partial charge in [-0.15, -0.1) is 0 Å². The maximum absolute atomic E-state index is 10.8. The molecule has 1 saturated carbocycles. The summed E-state index contributed by atoms with van der Waals surface area (Å²) in [6, 6.07) is -0.0712. The second-order valence-electron chi connectivity index (χ2n) is 3.81. The Bertz CT molecular complexity index is 240. The van der Waals surface area contributed by atoms with Gasteiger partial charge in [0.15, 0.2) is 5.96 Å². The minimum Gasteiger partial charge on any atom is -0.480 e. The first-order chi connectivity index (χ1) is 7.09. The summed E-state index contributed by atoms with van der Waals surface area (Å²) in [7, 11) is 0. The van der Waals surface area contributed by atoms with Crippen LogP contribution in [0.15, 0.2) is 0 Å². The molecule has 0 spiro atoms. The van der Waals surface area contributed by atoms with Crippen LogP contribution >= 0.6 is 0 Å². The van der Waals surface area contributed by atoms with E-state index in [-0.39, 0.29) is 5.96 Å². The summed E-state index contributed by atoms with van der Waals surface area (Å²) in [5.41, 5.74) is 5.10. The second-order valence-corrected chi connectivity index (χ2v) is 3.81. The predicted octanol–water partition coefficient (Wildman–Crippen LogP) is -0.545. The van der Waals surface area contributed by atoms with Crippen LogP contribution in [0.3, 0.4) is 0 Å². The molecule has 0 aromatic carbocycles. The fourth-order valence-corrected chi connectivity index (χ4v) is 1.34. The first kappa shape index (κ1) is 11.8. The van der Waals surface area contributed by atoms with E-state index in [1.165, 1.54) is 0 Å². The van der Waals surface area contributed by atoms with Crippen molar-refractivity contribution in [2.24, 2.45) is 5.73 Å². The molecule has 0 radical (unpaired) electrons. The molecule has 86 valence electrons. The zero-order valence-electron chi connectivity index (χ0n) is 8.62. The lowest BCUT2D eigenvalue weighted by molar-refractivity contribution is -0.139. The Kier molecular flexibility index (Phi) is 4.36. The average Bonchev–Trinajstić information content (AvgIpc) is 2.93. The van der Waals surface area contributed by atoms with Crippen LogP contribution in [-0.2, 0) is 4.79 Å². The highest BCUT2D eigenvalue weighted by Gasteiger charge is 2.27. The van der Waals surface area contributed by atoms with E-state index in [1.54, 1.807) is 0 Å². The molecule has 0 saturated heterocycles. The van der Waals surface area contributed by atoms with Crippen molar-refractivity contribution in [2.45, 2.75) is 37.8 Å². The maximum Gasteiger partial charge on any atom is 0.320 e. The van der Waals surface area contributed by atoms with Gasteiger partial charge in [-0.25, -0.2) is 0 Å². The number of aliphatic carboxylic acids is 1. The summed E-state index contributed by atoms with van der Waals surface area (Å²) in [4.78, 5) is 10.8. The highest BCUT2D eigenvalue weighted by Crippen LogP contribution is 2.20. The lowest BCUT2D eigenvalue weighted by Crippen LogP contribution is -2.39. The number of carbonyl (C=O) groups is 1. The zero-order chi connectivity index (χ0) is 11.3. The van der Waals surface area contributed by atoms with E-state index in [0.29, 0.717) is 25.4 Å². The molecule has 6 N–H and O–H groups in total. The highest BCUT2D eigenvalue weighted by molar-refractivity contribution is 5.74. The van der Waals surface area contributed by atoms with Crippen molar-refractivity contribution in [1.82, 2.24) is 10.6 Å². The minimum absolute atomic E-state index is 0.0722. The maximum atomic E-state index is 10.8. The van der Waals surface area contributed by atoms with E-state index in [9.17, 15) is 4.79 Å². The third-order valence-corrected chi connectivity index (χ3v) is 2.30. The van der Waals surface area contributed by atoms with E-state index >= 15 is 0 Å². The molecule has 0 aromatic rings. The number of rotatable bonds is 7. The van der Waals surface area contributed by atoms with E-state index in [2.05, 4.69) is 10.6 Å². The fraction of sp³-hybridized carbons (Fsp3) is 0.778. The molecule has 6 heteroatoms. The van der Waals surface area contributed by atoms with Gasteiger partial charge in [0.05, 0.1) is 0 Å². The summed E-state index contributed by atoms with van der Waals surface area (Å²) in [6.45, 7) is 0.547. The summed E-state index contributed by atoms with van der Waals surface area (Å²) in [5, 5.41) is 21.5. The molecule has 1 aliphatic rings. The van der Waals surface area contributed by atoms with Crippen molar-refractivity contribution in [1.29, 1.82) is 5.41 Å². The number of hydrogen-bond donors (Lipinski definition) is 5. The van der Waals surface area contributed by atoms with Crippen LogP contribution in [0.25, 0.3) is 0 Å². The van der Waals surface area contributed by atoms with Crippen molar-refractivity contribution >= 4 is 11.9 Å². The molecule has 0 amide bonds. The molecule has 1 fully saturated rings. The minimum atomic E-state index is -0.801. The smallest absolute Gasteiger partial charge is 0.320 e. The normalized spacial score (nSPS) is 17.1. The Morgan fingerprint density at radius 1 is 1.60 bits per heavy atom. The molecule has 1 rings (SSSR count). The largest absolute Gasteiger partial charge is 0.480 e. The van der Waals surface area contributed by atoms with Crippen LogP contribution in [0.4, 0.5) is 0 Å². The first-order valence-corrected chi connectivity index (χ1v) is 5.16. The molecular formula is C9H18N4O2. The fourth-order valence-electron chi connectivity index (χ4n) is 1.34. The first-order valence-electron chi connectivity index (χ1n) is 5.16. The molecular weight excluding hydrogens is 196 g/mol. The van der Waals surface area contributed by atoms with Crippen LogP contribution < -0.4 is 16.4 Å². The molecule has 0 aliphatic heterocycles. The quantitative estimate of drug-likeness (QED) is 0.222. The number of carboxylic acid groups (broad SMARTS) is 1. The summed E-state index contributed by atoms with van der Waals surface area (Å²) >= 11 is 0. The zero-order valence-corrected chi connectivity index (χ0v) is 8.62. The second kappa shape index (κ2) is 5.55. The third-order valence-electron chi connectivity index (χ3n) is 2.30. The lowest BCUT2D eigenvalue weighted by Gasteiger charge is -2.13. The Labute approximate surface area is 88.7 Å². The van der Waals surface area contributed by atoms with E-state index in [0.717, 1.165) is 12.8 Å². The van der Waals surface area contributed by atoms with Crippen LogP contribution in [0.1, 0.15) is 25.7 Å². The molecule has 0 heterocycles. The molecule has 0 aromatic heterocycles. The number of carboxylic acids is 1. The average molecular weight is 214 g/mol. The molecule has 1 unspecified atom stereocenters. The SMILES string of the molecule is N=C(N)NCCCC(NC1CC1)C(=O)O. The standard InChI is InChI=1S/C9H18N4O2/c10-9(11)12-5-1-2-7(8(14)15)13-6-3-4-6/h6-7,13H,1-5H2,(H,14,15)(H4,10,11,12). The van der Waals surface area contributed by atoms with Crippen LogP contribution in [-0.4, -0.2) is 35.7 Å². The number of nitrogens with one attached hydrogen (secondary N) is 3. The summed E-state index contributed by atoms with van der Waals surface area (Å²) < 4.78 is 0. The number of guanidine groups is 1. The van der Waals surface area contributed by atoms with Gasteiger partial charge in [0.1, 0.15) is 6.04 Å². The lowest BCUT2D eigenvalue weighted by atomic mass is 10.1. The van der Waals surface area contributed by atoms with E-state index < -0.39 is 12.0 Å². The van der Waals surface area contributed by atoms with Gasteiger partial charge < -0.3 is 21.5 Å². The summed E-state index contributed by atoms with van der Waals surface area (Å²) in [6.07, 6.45) is 3.41. The predicted molar refractivity (Wildman–Crippen MR) is 56.7 cm³/mol. The van der Waals surface area contributed by atoms with Gasteiger partial charge in [-0.2, -0.15) is 0 Å². The topological polar surface area (TPSA) is 111 Å². The third kappa shape index (κ3) is 5.21. The molecule has 0 bridgehead atoms. The summed E-state index contributed by atoms with van der Waals surface area (Å²) in [5.74, 6) is -0.873. The van der Waals surface area contributed by atoms with Gasteiger partial charge in [0, 0.05) is 12.6 Å². The van der Waals surface area contributed by atoms with Gasteiger partial charge >= 0.3 is 5.97 Å². The number of hydrogen-bond acceptors (Lipinski definition) is 3. The van der Waals surface area contributed by atoms with Crippen molar-refractivity contribution in [2.75, 3.05) is 6.54 Å². The monoisotopic (exact) mass is 214 g/mol.